The Morgan fingerprint density at radius 3 is 2.50 bits per heavy atom. The normalized spacial score (nSPS) is 16.6. The first-order valence-electron chi connectivity index (χ1n) is 5.69. The van der Waals surface area contributed by atoms with Crippen molar-refractivity contribution in [2.24, 2.45) is 0 Å². The molecule has 1 aliphatic heterocycles. The van der Waals surface area contributed by atoms with E-state index in [0.29, 0.717) is 45.8 Å². The van der Waals surface area contributed by atoms with Crippen LogP contribution in [0, 0.1) is 0 Å². The molecule has 5 nitrogen and oxygen atoms in total. The number of carbonyl (C=O) groups excluding carboxylic acids is 2. The van der Waals surface area contributed by atoms with Crippen molar-refractivity contribution in [1.82, 2.24) is 4.90 Å². The van der Waals surface area contributed by atoms with Crippen LogP contribution in [0.15, 0.2) is 0 Å². The summed E-state index contributed by atoms with van der Waals surface area (Å²) >= 11 is 0. The van der Waals surface area contributed by atoms with Gasteiger partial charge in [0.25, 0.3) is 0 Å². The maximum absolute atomic E-state index is 11.6. The van der Waals surface area contributed by atoms with Gasteiger partial charge in [0.2, 0.25) is 5.91 Å². The maximum atomic E-state index is 11.6. The Morgan fingerprint density at radius 2 is 1.88 bits per heavy atom. The van der Waals surface area contributed by atoms with E-state index in [0.717, 1.165) is 0 Å². The smallest absolute Gasteiger partial charge is 0.248 e. The van der Waals surface area contributed by atoms with Crippen molar-refractivity contribution in [2.45, 2.75) is 19.8 Å². The molecule has 0 aromatic rings. The SMILES string of the molecule is CCOCCOCC(=O)N1CCC(=O)CC1. The Morgan fingerprint density at radius 1 is 1.25 bits per heavy atom. The van der Waals surface area contributed by atoms with Crippen LogP contribution in [-0.4, -0.2) is 56.1 Å². The van der Waals surface area contributed by atoms with Crippen molar-refractivity contribution >= 4 is 11.7 Å². The Hall–Kier alpha value is -0.940. The molecule has 0 aromatic heterocycles. The van der Waals surface area contributed by atoms with E-state index >= 15 is 0 Å². The van der Waals surface area contributed by atoms with E-state index in [9.17, 15) is 9.59 Å². The number of piperidine rings is 1. The molecule has 1 aliphatic rings. The summed E-state index contributed by atoms with van der Waals surface area (Å²) in [6.45, 7) is 4.68. The Labute approximate surface area is 95.7 Å². The molecular formula is C11H19NO4. The third-order valence-electron chi connectivity index (χ3n) is 2.48. The first kappa shape index (κ1) is 13.1. The molecule has 0 unspecified atom stereocenters. The van der Waals surface area contributed by atoms with Gasteiger partial charge >= 0.3 is 0 Å². The molecule has 92 valence electrons. The van der Waals surface area contributed by atoms with E-state index in [4.69, 9.17) is 9.47 Å². The second-order valence-corrected chi connectivity index (χ2v) is 3.67. The molecule has 1 fully saturated rings. The lowest BCUT2D eigenvalue weighted by Crippen LogP contribution is -2.40. The molecule has 0 aromatic carbocycles. The van der Waals surface area contributed by atoms with Crippen molar-refractivity contribution in [3.8, 4) is 0 Å². The van der Waals surface area contributed by atoms with Crippen molar-refractivity contribution in [3.63, 3.8) is 0 Å². The summed E-state index contributed by atoms with van der Waals surface area (Å²) in [6.07, 6.45) is 0.954. The molecule has 0 saturated carbocycles. The predicted octanol–water partition coefficient (Wildman–Crippen LogP) is 0.231. The molecule has 1 heterocycles. The van der Waals surface area contributed by atoms with E-state index in [1.54, 1.807) is 4.90 Å². The standard InChI is InChI=1S/C11H19NO4/c1-2-15-7-8-16-9-11(14)12-5-3-10(13)4-6-12/h2-9H2,1H3. The van der Waals surface area contributed by atoms with Gasteiger partial charge in [0, 0.05) is 32.5 Å². The van der Waals surface area contributed by atoms with E-state index in [-0.39, 0.29) is 18.3 Å². The number of rotatable bonds is 6. The highest BCUT2D eigenvalue weighted by Gasteiger charge is 2.20. The van der Waals surface area contributed by atoms with E-state index < -0.39 is 0 Å². The van der Waals surface area contributed by atoms with Crippen LogP contribution in [0.3, 0.4) is 0 Å². The summed E-state index contributed by atoms with van der Waals surface area (Å²) in [5, 5.41) is 0. The molecule has 0 N–H and O–H groups in total. The van der Waals surface area contributed by atoms with Gasteiger partial charge in [0.1, 0.15) is 12.4 Å². The minimum atomic E-state index is -0.0380. The van der Waals surface area contributed by atoms with Gasteiger partial charge in [0.15, 0.2) is 0 Å². The fourth-order valence-corrected chi connectivity index (χ4v) is 1.52. The fraction of sp³-hybridized carbons (Fsp3) is 0.818. The number of carbonyl (C=O) groups is 2. The van der Waals surface area contributed by atoms with Crippen LogP contribution in [0.4, 0.5) is 0 Å². The van der Waals surface area contributed by atoms with Gasteiger partial charge in [-0.2, -0.15) is 0 Å². The number of likely N-dealkylation sites (tertiary alicyclic amines) is 1. The molecule has 0 radical (unpaired) electrons. The summed E-state index contributed by atoms with van der Waals surface area (Å²) in [4.78, 5) is 24.2. The summed E-state index contributed by atoms with van der Waals surface area (Å²) in [5.41, 5.74) is 0. The van der Waals surface area contributed by atoms with Crippen LogP contribution in [-0.2, 0) is 19.1 Å². The summed E-state index contributed by atoms with van der Waals surface area (Å²) in [6, 6.07) is 0. The Kier molecular flexibility index (Phi) is 6.03. The molecule has 0 spiro atoms. The van der Waals surface area contributed by atoms with Crippen molar-refractivity contribution < 1.29 is 19.1 Å². The van der Waals surface area contributed by atoms with Crippen LogP contribution in [0.5, 0.6) is 0 Å². The fourth-order valence-electron chi connectivity index (χ4n) is 1.52. The zero-order chi connectivity index (χ0) is 11.8. The molecule has 0 aliphatic carbocycles. The van der Waals surface area contributed by atoms with Crippen LogP contribution >= 0.6 is 0 Å². The quantitative estimate of drug-likeness (QED) is 0.612. The monoisotopic (exact) mass is 229 g/mol. The van der Waals surface area contributed by atoms with E-state index in [1.807, 2.05) is 6.92 Å². The average Bonchev–Trinajstić information content (AvgIpc) is 2.29. The van der Waals surface area contributed by atoms with Crippen LogP contribution < -0.4 is 0 Å². The number of nitrogens with zero attached hydrogens (tertiary/aromatic N) is 1. The van der Waals surface area contributed by atoms with Crippen LogP contribution in [0.25, 0.3) is 0 Å². The topological polar surface area (TPSA) is 55.8 Å². The summed E-state index contributed by atoms with van der Waals surface area (Å²) in [5.74, 6) is 0.199. The lowest BCUT2D eigenvalue weighted by atomic mass is 10.1. The number of amides is 1. The number of ether oxygens (including phenoxy) is 2. The van der Waals surface area contributed by atoms with Crippen molar-refractivity contribution in [2.75, 3.05) is 39.5 Å². The van der Waals surface area contributed by atoms with Gasteiger partial charge in [-0.3, -0.25) is 9.59 Å². The molecule has 5 heteroatoms. The molecule has 16 heavy (non-hydrogen) atoms. The molecule has 1 saturated heterocycles. The largest absolute Gasteiger partial charge is 0.379 e. The zero-order valence-electron chi connectivity index (χ0n) is 9.74. The summed E-state index contributed by atoms with van der Waals surface area (Å²) in [7, 11) is 0. The highest BCUT2D eigenvalue weighted by molar-refractivity contribution is 5.83. The van der Waals surface area contributed by atoms with Crippen LogP contribution in [0.1, 0.15) is 19.8 Å². The zero-order valence-corrected chi connectivity index (χ0v) is 9.74. The number of ketones is 1. The van der Waals surface area contributed by atoms with Gasteiger partial charge in [-0.1, -0.05) is 0 Å². The number of hydrogen-bond acceptors (Lipinski definition) is 4. The number of Topliss-reactive ketones (excluding diaryl/α,β-unsaturated/α-hetero) is 1. The van der Waals surface area contributed by atoms with E-state index in [1.165, 1.54) is 0 Å². The molecular weight excluding hydrogens is 210 g/mol. The lowest BCUT2D eigenvalue weighted by Gasteiger charge is -2.25. The molecule has 0 bridgehead atoms. The lowest BCUT2D eigenvalue weighted by molar-refractivity contribution is -0.139. The van der Waals surface area contributed by atoms with Gasteiger partial charge in [-0.25, -0.2) is 0 Å². The van der Waals surface area contributed by atoms with Gasteiger partial charge in [-0.15, -0.1) is 0 Å². The maximum Gasteiger partial charge on any atom is 0.248 e. The third-order valence-corrected chi connectivity index (χ3v) is 2.48. The Bertz CT molecular complexity index is 232. The molecule has 1 rings (SSSR count). The molecule has 0 atom stereocenters. The highest BCUT2D eigenvalue weighted by atomic mass is 16.5. The van der Waals surface area contributed by atoms with Gasteiger partial charge in [-0.05, 0) is 6.92 Å². The predicted molar refractivity (Wildman–Crippen MR) is 58.1 cm³/mol. The first-order valence-corrected chi connectivity index (χ1v) is 5.69. The molecule has 1 amide bonds. The van der Waals surface area contributed by atoms with Crippen molar-refractivity contribution in [1.29, 1.82) is 0 Å². The summed E-state index contributed by atoms with van der Waals surface area (Å²) < 4.78 is 10.3. The highest BCUT2D eigenvalue weighted by Crippen LogP contribution is 2.05. The average molecular weight is 229 g/mol. The van der Waals surface area contributed by atoms with Gasteiger partial charge < -0.3 is 14.4 Å². The second-order valence-electron chi connectivity index (χ2n) is 3.67. The Balaban J connectivity index is 2.08. The van der Waals surface area contributed by atoms with Crippen LogP contribution in [0.2, 0.25) is 0 Å². The minimum Gasteiger partial charge on any atom is -0.379 e. The van der Waals surface area contributed by atoms with E-state index in [2.05, 4.69) is 0 Å². The van der Waals surface area contributed by atoms with Gasteiger partial charge in [0.05, 0.1) is 13.2 Å². The number of hydrogen-bond donors (Lipinski definition) is 0. The first-order chi connectivity index (χ1) is 7.74. The third kappa shape index (κ3) is 4.72. The second kappa shape index (κ2) is 7.35. The van der Waals surface area contributed by atoms with Crippen molar-refractivity contribution in [3.05, 3.63) is 0 Å². The minimum absolute atomic E-state index is 0.0380.